The molecule has 0 aromatic heterocycles. The van der Waals surface area contributed by atoms with Crippen molar-refractivity contribution >= 4 is 41.5 Å². The Bertz CT molecular complexity index is 1060. The molecular formula is C26H27Cl3N2O2. The minimum absolute atomic E-state index is 0. The fourth-order valence-corrected chi connectivity index (χ4v) is 4.61. The van der Waals surface area contributed by atoms with Crippen molar-refractivity contribution < 1.29 is 9.90 Å². The summed E-state index contributed by atoms with van der Waals surface area (Å²) >= 11 is 12.4. The standard InChI is InChI=1S/C26H26Cl2N2O2.ClH/c27-22-12-11-20(17-23(22)28)24(18-29-25(31)19-7-3-1-4-8-19)30-15-13-26(32,14-16-30)21-9-5-2-6-10-21;/h1-12,17,24,32H,13-16,18H2,(H,29,31);1H. The topological polar surface area (TPSA) is 52.6 Å². The van der Waals surface area contributed by atoms with Crippen LogP contribution >= 0.6 is 35.6 Å². The fourth-order valence-electron chi connectivity index (χ4n) is 4.30. The molecule has 7 heteroatoms. The van der Waals surface area contributed by atoms with Crippen LogP contribution in [-0.4, -0.2) is 35.5 Å². The summed E-state index contributed by atoms with van der Waals surface area (Å²) in [7, 11) is 0. The Morgan fingerprint density at radius 3 is 2.15 bits per heavy atom. The maximum atomic E-state index is 12.7. The van der Waals surface area contributed by atoms with Crippen molar-refractivity contribution in [3.63, 3.8) is 0 Å². The molecule has 1 fully saturated rings. The highest BCUT2D eigenvalue weighted by Gasteiger charge is 2.36. The van der Waals surface area contributed by atoms with Crippen molar-refractivity contribution in [2.45, 2.75) is 24.5 Å². The van der Waals surface area contributed by atoms with Gasteiger partial charge in [-0.15, -0.1) is 12.4 Å². The molecule has 0 radical (unpaired) electrons. The molecule has 1 aliphatic heterocycles. The van der Waals surface area contributed by atoms with Crippen molar-refractivity contribution in [1.29, 1.82) is 0 Å². The number of aliphatic hydroxyl groups is 1. The summed E-state index contributed by atoms with van der Waals surface area (Å²) in [6.07, 6.45) is 1.23. The van der Waals surface area contributed by atoms with Crippen molar-refractivity contribution in [1.82, 2.24) is 10.2 Å². The van der Waals surface area contributed by atoms with E-state index in [1.54, 1.807) is 18.2 Å². The Morgan fingerprint density at radius 1 is 0.939 bits per heavy atom. The molecule has 3 aromatic carbocycles. The molecule has 1 unspecified atom stereocenters. The van der Waals surface area contributed by atoms with Crippen LogP contribution in [0.3, 0.4) is 0 Å². The van der Waals surface area contributed by atoms with Crippen molar-refractivity contribution in [2.75, 3.05) is 19.6 Å². The van der Waals surface area contributed by atoms with Crippen LogP contribution < -0.4 is 5.32 Å². The number of carbonyl (C=O) groups is 1. The van der Waals surface area contributed by atoms with E-state index in [-0.39, 0.29) is 24.4 Å². The van der Waals surface area contributed by atoms with Gasteiger partial charge in [0.15, 0.2) is 0 Å². The van der Waals surface area contributed by atoms with E-state index in [9.17, 15) is 9.90 Å². The number of nitrogens with one attached hydrogen (secondary N) is 1. The van der Waals surface area contributed by atoms with Gasteiger partial charge in [0, 0.05) is 25.2 Å². The van der Waals surface area contributed by atoms with Gasteiger partial charge in [-0.1, -0.05) is 77.8 Å². The maximum absolute atomic E-state index is 12.7. The summed E-state index contributed by atoms with van der Waals surface area (Å²) in [6, 6.07) is 24.5. The minimum atomic E-state index is -0.840. The normalized spacial score (nSPS) is 16.5. The Hall–Kier alpha value is -2.08. The molecule has 1 aliphatic rings. The molecule has 1 saturated heterocycles. The van der Waals surface area contributed by atoms with Crippen LogP contribution in [0.1, 0.15) is 40.4 Å². The molecule has 1 heterocycles. The van der Waals surface area contributed by atoms with E-state index in [1.807, 2.05) is 60.7 Å². The molecule has 0 bridgehead atoms. The zero-order valence-electron chi connectivity index (χ0n) is 18.1. The molecule has 1 amide bonds. The van der Waals surface area contributed by atoms with Gasteiger partial charge in [-0.2, -0.15) is 0 Å². The minimum Gasteiger partial charge on any atom is -0.385 e. The molecule has 0 aliphatic carbocycles. The zero-order valence-corrected chi connectivity index (χ0v) is 20.4. The summed E-state index contributed by atoms with van der Waals surface area (Å²) < 4.78 is 0. The lowest BCUT2D eigenvalue weighted by atomic mass is 9.83. The van der Waals surface area contributed by atoms with Crippen LogP contribution in [-0.2, 0) is 5.60 Å². The van der Waals surface area contributed by atoms with Crippen molar-refractivity contribution in [3.8, 4) is 0 Å². The molecule has 33 heavy (non-hydrogen) atoms. The summed E-state index contributed by atoms with van der Waals surface area (Å²) in [4.78, 5) is 14.9. The van der Waals surface area contributed by atoms with E-state index in [0.29, 0.717) is 48.1 Å². The first-order valence-electron chi connectivity index (χ1n) is 10.8. The third kappa shape index (κ3) is 6.08. The average molecular weight is 506 g/mol. The first-order chi connectivity index (χ1) is 15.5. The lowest BCUT2D eigenvalue weighted by Crippen LogP contribution is -2.46. The predicted octanol–water partition coefficient (Wildman–Crippen LogP) is 5.87. The number of hydrogen-bond acceptors (Lipinski definition) is 3. The van der Waals surface area contributed by atoms with Crippen LogP contribution in [0.25, 0.3) is 0 Å². The Morgan fingerprint density at radius 2 is 1.55 bits per heavy atom. The van der Waals surface area contributed by atoms with E-state index in [4.69, 9.17) is 23.2 Å². The smallest absolute Gasteiger partial charge is 0.251 e. The number of piperidine rings is 1. The number of nitrogens with zero attached hydrogens (tertiary/aromatic N) is 1. The van der Waals surface area contributed by atoms with Crippen LogP contribution in [0.4, 0.5) is 0 Å². The zero-order chi connectivity index (χ0) is 22.6. The van der Waals surface area contributed by atoms with E-state index in [2.05, 4.69) is 10.2 Å². The first-order valence-corrected chi connectivity index (χ1v) is 11.5. The quantitative estimate of drug-likeness (QED) is 0.440. The number of rotatable bonds is 6. The van der Waals surface area contributed by atoms with Gasteiger partial charge in [0.25, 0.3) is 5.91 Å². The molecule has 174 valence electrons. The van der Waals surface area contributed by atoms with Crippen LogP contribution in [0.5, 0.6) is 0 Å². The number of carbonyl (C=O) groups excluding carboxylic acids is 1. The number of hydrogen-bond donors (Lipinski definition) is 2. The molecule has 0 spiro atoms. The summed E-state index contributed by atoms with van der Waals surface area (Å²) in [5, 5.41) is 15.3. The Balaban J connectivity index is 0.00000306. The fraction of sp³-hybridized carbons (Fsp3) is 0.269. The van der Waals surface area contributed by atoms with Gasteiger partial charge in [-0.25, -0.2) is 0 Å². The second-order valence-electron chi connectivity index (χ2n) is 8.20. The number of halogens is 3. The monoisotopic (exact) mass is 504 g/mol. The van der Waals surface area contributed by atoms with Gasteiger partial charge >= 0.3 is 0 Å². The lowest BCUT2D eigenvalue weighted by molar-refractivity contribution is -0.0359. The van der Waals surface area contributed by atoms with Crippen molar-refractivity contribution in [2.24, 2.45) is 0 Å². The van der Waals surface area contributed by atoms with Crippen molar-refractivity contribution in [3.05, 3.63) is 106 Å². The van der Waals surface area contributed by atoms with E-state index < -0.39 is 5.60 Å². The average Bonchev–Trinajstić information content (AvgIpc) is 2.83. The van der Waals surface area contributed by atoms with E-state index in [1.165, 1.54) is 0 Å². The molecular weight excluding hydrogens is 479 g/mol. The molecule has 0 saturated carbocycles. The predicted molar refractivity (Wildman–Crippen MR) is 136 cm³/mol. The third-order valence-electron chi connectivity index (χ3n) is 6.20. The highest BCUT2D eigenvalue weighted by atomic mass is 35.5. The summed E-state index contributed by atoms with van der Waals surface area (Å²) in [5.41, 5.74) is 1.71. The molecule has 4 nitrogen and oxygen atoms in total. The number of amides is 1. The van der Waals surface area contributed by atoms with Gasteiger partial charge in [-0.05, 0) is 48.2 Å². The largest absolute Gasteiger partial charge is 0.385 e. The van der Waals surface area contributed by atoms with Crippen LogP contribution in [0.2, 0.25) is 10.0 Å². The molecule has 1 atom stereocenters. The van der Waals surface area contributed by atoms with Gasteiger partial charge < -0.3 is 10.4 Å². The van der Waals surface area contributed by atoms with Gasteiger partial charge in [0.2, 0.25) is 0 Å². The van der Waals surface area contributed by atoms with Gasteiger partial charge in [0.1, 0.15) is 0 Å². The van der Waals surface area contributed by atoms with E-state index in [0.717, 1.165) is 11.1 Å². The van der Waals surface area contributed by atoms with Crippen LogP contribution in [0, 0.1) is 0 Å². The Kier molecular flexibility index (Phi) is 8.80. The molecule has 3 aromatic rings. The highest BCUT2D eigenvalue weighted by molar-refractivity contribution is 6.42. The number of benzene rings is 3. The Labute approximate surface area is 210 Å². The second kappa shape index (κ2) is 11.4. The third-order valence-corrected chi connectivity index (χ3v) is 6.94. The summed E-state index contributed by atoms with van der Waals surface area (Å²) in [5.74, 6) is -0.117. The number of likely N-dealkylation sites (tertiary alicyclic amines) is 1. The molecule has 4 rings (SSSR count). The second-order valence-corrected chi connectivity index (χ2v) is 9.01. The maximum Gasteiger partial charge on any atom is 0.251 e. The lowest BCUT2D eigenvalue weighted by Gasteiger charge is -2.42. The van der Waals surface area contributed by atoms with Crippen LogP contribution in [0.15, 0.2) is 78.9 Å². The SMILES string of the molecule is Cl.O=C(NCC(c1ccc(Cl)c(Cl)c1)N1CCC(O)(c2ccccc2)CC1)c1ccccc1. The summed E-state index contributed by atoms with van der Waals surface area (Å²) in [6.45, 7) is 1.81. The van der Waals surface area contributed by atoms with Gasteiger partial charge in [-0.3, -0.25) is 9.69 Å². The van der Waals surface area contributed by atoms with Gasteiger partial charge in [0.05, 0.1) is 21.7 Å². The molecule has 2 N–H and O–H groups in total. The first kappa shape index (κ1) is 25.5. The van der Waals surface area contributed by atoms with E-state index >= 15 is 0 Å². The highest BCUT2D eigenvalue weighted by Crippen LogP contribution is 2.36.